The van der Waals surface area contributed by atoms with Crippen molar-refractivity contribution in [3.8, 4) is 0 Å². The van der Waals surface area contributed by atoms with Crippen molar-refractivity contribution < 1.29 is 23.1 Å². The first-order valence-electron chi connectivity index (χ1n) is 15.1. The Bertz CT molecular complexity index is 1450. The molecule has 0 saturated carbocycles. The van der Waals surface area contributed by atoms with Crippen LogP contribution < -0.4 is 15.5 Å². The average Bonchev–Trinajstić information content (AvgIpc) is 3.38. The summed E-state index contributed by atoms with van der Waals surface area (Å²) in [7, 11) is 1.63. The molecule has 0 spiro atoms. The lowest BCUT2D eigenvalue weighted by molar-refractivity contribution is -0.114. The second kappa shape index (κ2) is 11.7. The Labute approximate surface area is 250 Å². The van der Waals surface area contributed by atoms with Gasteiger partial charge in [0, 0.05) is 81.2 Å². The lowest BCUT2D eigenvalue weighted by Gasteiger charge is -2.51. The van der Waals surface area contributed by atoms with E-state index in [9.17, 15) is 18.4 Å². The molecule has 10 nitrogen and oxygen atoms in total. The zero-order valence-corrected chi connectivity index (χ0v) is 24.9. The van der Waals surface area contributed by atoms with Gasteiger partial charge in [-0.25, -0.2) is 18.6 Å². The fourth-order valence-electron chi connectivity index (χ4n) is 7.12. The number of amides is 3. The summed E-state index contributed by atoms with van der Waals surface area (Å²) in [5, 5.41) is 10.6. The summed E-state index contributed by atoms with van der Waals surface area (Å²) in [6.07, 6.45) is 6.68. The number of halogens is 2. The molecule has 2 N–H and O–H groups in total. The molecule has 5 heterocycles. The lowest BCUT2D eigenvalue weighted by Crippen LogP contribution is -2.56. The highest BCUT2D eigenvalue weighted by molar-refractivity contribution is 5.88. The smallest absolute Gasteiger partial charge is 0.317 e. The molecule has 1 aliphatic carbocycles. The average molecular weight is 596 g/mol. The number of alkyl halides is 2. The largest absolute Gasteiger partial charge is 0.381 e. The lowest BCUT2D eigenvalue weighted by atomic mass is 9.70. The second-order valence-corrected chi connectivity index (χ2v) is 12.0. The molecule has 4 aliphatic rings. The van der Waals surface area contributed by atoms with E-state index in [4.69, 9.17) is 9.84 Å². The Kier molecular flexibility index (Phi) is 7.97. The zero-order valence-electron chi connectivity index (χ0n) is 24.9. The topological polar surface area (TPSA) is 105 Å². The van der Waals surface area contributed by atoms with Gasteiger partial charge in [0.25, 0.3) is 6.43 Å². The standard InChI is InChI=1S/C31H39F2N7O3/c1-19(41)36-27-7-6-20(17-35-27)23-15-21-5-4-11-39(31(21,2)16-24(23)28(32)33)29-25-18-38(30(42)34-3)12-8-26(25)40(37-29)22-9-13-43-14-10-22/h6-7,15-17,21-22,28H,4-5,8-14,18H2,1-3H3,(H,34,42)(H,35,36,41). The van der Waals surface area contributed by atoms with Crippen LogP contribution in [-0.4, -0.2) is 76.9 Å². The summed E-state index contributed by atoms with van der Waals surface area (Å²) in [6.45, 7) is 6.47. The quantitative estimate of drug-likeness (QED) is 0.526. The molecule has 3 aliphatic heterocycles. The number of ether oxygens (including phenoxy) is 1. The van der Waals surface area contributed by atoms with Gasteiger partial charge < -0.3 is 25.2 Å². The molecule has 2 fully saturated rings. The number of hydrogen-bond donors (Lipinski definition) is 2. The van der Waals surface area contributed by atoms with E-state index in [1.165, 1.54) is 13.1 Å². The SMILES string of the molecule is CNC(=O)N1CCc2c(c(N3CCCC4C=C(c5ccc(NC(C)=O)nc5)C(C(F)F)=CC43C)nn2C2CCOCC2)C1. The Hall–Kier alpha value is -3.80. The number of anilines is 2. The minimum atomic E-state index is -2.69. The summed E-state index contributed by atoms with van der Waals surface area (Å²) in [5.74, 6) is 0.865. The van der Waals surface area contributed by atoms with Crippen LogP contribution in [0.1, 0.15) is 62.4 Å². The van der Waals surface area contributed by atoms with Crippen LogP contribution in [0.3, 0.4) is 0 Å². The first-order chi connectivity index (χ1) is 20.7. The monoisotopic (exact) mass is 595 g/mol. The van der Waals surface area contributed by atoms with E-state index >= 15 is 0 Å². The molecule has 43 heavy (non-hydrogen) atoms. The van der Waals surface area contributed by atoms with E-state index in [0.717, 1.165) is 42.8 Å². The van der Waals surface area contributed by atoms with Gasteiger partial charge in [-0.1, -0.05) is 6.08 Å². The summed E-state index contributed by atoms with van der Waals surface area (Å²) < 4.78 is 37.3. The first kappa shape index (κ1) is 29.3. The van der Waals surface area contributed by atoms with Crippen LogP contribution in [0.4, 0.5) is 25.2 Å². The summed E-state index contributed by atoms with van der Waals surface area (Å²) >= 11 is 0. The Morgan fingerprint density at radius 1 is 1.16 bits per heavy atom. The van der Waals surface area contributed by atoms with Crippen molar-refractivity contribution >= 4 is 29.1 Å². The second-order valence-electron chi connectivity index (χ2n) is 12.0. The van der Waals surface area contributed by atoms with Crippen LogP contribution in [0.15, 0.2) is 36.1 Å². The molecule has 0 aromatic carbocycles. The van der Waals surface area contributed by atoms with Crippen molar-refractivity contribution in [1.29, 1.82) is 0 Å². The molecule has 0 radical (unpaired) electrons. The molecule has 2 unspecified atom stereocenters. The molecule has 2 aromatic heterocycles. The third-order valence-electron chi connectivity index (χ3n) is 9.33. The van der Waals surface area contributed by atoms with Crippen LogP contribution in [-0.2, 0) is 22.5 Å². The minimum Gasteiger partial charge on any atom is -0.381 e. The number of rotatable bonds is 5. The normalized spacial score (nSPS) is 24.2. The van der Waals surface area contributed by atoms with Crippen molar-refractivity contribution in [2.24, 2.45) is 5.92 Å². The van der Waals surface area contributed by atoms with E-state index in [1.54, 1.807) is 30.2 Å². The molecule has 2 saturated heterocycles. The number of nitrogens with one attached hydrogen (secondary N) is 2. The molecule has 3 amide bonds. The van der Waals surface area contributed by atoms with Crippen molar-refractivity contribution in [3.05, 3.63) is 52.9 Å². The van der Waals surface area contributed by atoms with Gasteiger partial charge in [0.2, 0.25) is 5.91 Å². The maximum atomic E-state index is 14.8. The number of carbonyl (C=O) groups is 2. The summed E-state index contributed by atoms with van der Waals surface area (Å²) in [6, 6.07) is 3.42. The van der Waals surface area contributed by atoms with Crippen LogP contribution in [0, 0.1) is 5.92 Å². The van der Waals surface area contributed by atoms with Gasteiger partial charge in [-0.2, -0.15) is 5.10 Å². The third-order valence-corrected chi connectivity index (χ3v) is 9.33. The number of allylic oxidation sites excluding steroid dienone is 2. The van der Waals surface area contributed by atoms with Crippen molar-refractivity contribution in [1.82, 2.24) is 25.0 Å². The highest BCUT2D eigenvalue weighted by Crippen LogP contribution is 2.48. The van der Waals surface area contributed by atoms with Gasteiger partial charge in [-0.05, 0) is 56.4 Å². The number of pyridine rings is 1. The molecule has 2 atom stereocenters. The minimum absolute atomic E-state index is 0.0376. The Balaban J connectivity index is 1.40. The van der Waals surface area contributed by atoms with Gasteiger partial charge in [0.05, 0.1) is 18.1 Å². The number of carbonyl (C=O) groups excluding carboxylic acids is 2. The predicted octanol–water partition coefficient (Wildman–Crippen LogP) is 4.55. The molecular formula is C31H39F2N7O3. The fraction of sp³-hybridized carbons (Fsp3) is 0.548. The first-order valence-corrected chi connectivity index (χ1v) is 15.1. The number of urea groups is 1. The molecule has 2 aromatic rings. The molecule has 6 rings (SSSR count). The van der Waals surface area contributed by atoms with Crippen LogP contribution in [0.2, 0.25) is 0 Å². The maximum Gasteiger partial charge on any atom is 0.317 e. The van der Waals surface area contributed by atoms with E-state index in [-0.39, 0.29) is 29.5 Å². The Morgan fingerprint density at radius 2 is 1.95 bits per heavy atom. The summed E-state index contributed by atoms with van der Waals surface area (Å²) in [4.78, 5) is 32.4. The van der Waals surface area contributed by atoms with E-state index < -0.39 is 12.0 Å². The molecule has 12 heteroatoms. The van der Waals surface area contributed by atoms with Gasteiger partial charge in [0.15, 0.2) is 5.82 Å². The van der Waals surface area contributed by atoms with Crippen LogP contribution in [0.25, 0.3) is 5.57 Å². The van der Waals surface area contributed by atoms with Crippen molar-refractivity contribution in [2.45, 2.75) is 70.5 Å². The maximum absolute atomic E-state index is 14.8. The van der Waals surface area contributed by atoms with Crippen LogP contribution in [0.5, 0.6) is 0 Å². The van der Waals surface area contributed by atoms with E-state index in [0.29, 0.717) is 56.2 Å². The number of piperidine rings is 1. The van der Waals surface area contributed by atoms with Crippen molar-refractivity contribution in [2.75, 3.05) is 43.6 Å². The molecular weight excluding hydrogens is 556 g/mol. The van der Waals surface area contributed by atoms with Gasteiger partial charge in [0.1, 0.15) is 5.82 Å². The number of fused-ring (bicyclic) bond motifs is 2. The van der Waals surface area contributed by atoms with E-state index in [1.807, 2.05) is 13.0 Å². The van der Waals surface area contributed by atoms with E-state index in [2.05, 4.69) is 25.2 Å². The molecule has 0 bridgehead atoms. The van der Waals surface area contributed by atoms with Crippen molar-refractivity contribution in [3.63, 3.8) is 0 Å². The van der Waals surface area contributed by atoms with Gasteiger partial charge in [-0.3, -0.25) is 9.48 Å². The van der Waals surface area contributed by atoms with Gasteiger partial charge >= 0.3 is 6.03 Å². The highest BCUT2D eigenvalue weighted by Gasteiger charge is 2.46. The predicted molar refractivity (Wildman–Crippen MR) is 159 cm³/mol. The highest BCUT2D eigenvalue weighted by atomic mass is 19.3. The molecule has 230 valence electrons. The number of nitrogens with zero attached hydrogens (tertiary/aromatic N) is 5. The third kappa shape index (κ3) is 5.41. The summed E-state index contributed by atoms with van der Waals surface area (Å²) in [5.41, 5.74) is 2.41. The zero-order chi connectivity index (χ0) is 30.3. The number of aromatic nitrogens is 3. The van der Waals surface area contributed by atoms with Crippen LogP contribution >= 0.6 is 0 Å². The van der Waals surface area contributed by atoms with Gasteiger partial charge in [-0.15, -0.1) is 0 Å². The fourth-order valence-corrected chi connectivity index (χ4v) is 7.12. The number of hydrogen-bond acceptors (Lipinski definition) is 6. The Morgan fingerprint density at radius 3 is 2.63 bits per heavy atom.